The Hall–Kier alpha value is 0.200. The molecular formula is C22H34Br2N2. The highest BCUT2D eigenvalue weighted by atomic mass is 79.9. The molecule has 2 aliphatic carbocycles. The van der Waals surface area contributed by atoms with Crippen molar-refractivity contribution in [2.45, 2.75) is 87.7 Å². The van der Waals surface area contributed by atoms with Crippen LogP contribution < -0.4 is 0 Å². The highest BCUT2D eigenvalue weighted by molar-refractivity contribution is 9.11. The Kier molecular flexibility index (Phi) is 6.85. The summed E-state index contributed by atoms with van der Waals surface area (Å²) in [6.45, 7) is 2.40. The maximum Gasteiger partial charge on any atom is 0.0811 e. The molecular weight excluding hydrogens is 452 g/mol. The Labute approximate surface area is 176 Å². The summed E-state index contributed by atoms with van der Waals surface area (Å²) >= 11 is 7.77. The molecule has 2 saturated carbocycles. The van der Waals surface area contributed by atoms with Gasteiger partial charge in [-0.25, -0.2) is 0 Å². The van der Waals surface area contributed by atoms with Crippen molar-refractivity contribution in [3.63, 3.8) is 0 Å². The van der Waals surface area contributed by atoms with Gasteiger partial charge in [0.05, 0.1) is 9.56 Å². The first kappa shape index (κ1) is 19.5. The van der Waals surface area contributed by atoms with Crippen LogP contribution in [-0.4, -0.2) is 39.9 Å². The van der Waals surface area contributed by atoms with Gasteiger partial charge >= 0.3 is 0 Å². The third kappa shape index (κ3) is 4.43. The molecule has 0 aromatic heterocycles. The van der Waals surface area contributed by atoms with E-state index in [-0.39, 0.29) is 0 Å². The minimum Gasteiger partial charge on any atom is -0.359 e. The van der Waals surface area contributed by atoms with E-state index in [2.05, 4.69) is 59.9 Å². The Morgan fingerprint density at radius 3 is 2.31 bits per heavy atom. The summed E-state index contributed by atoms with van der Waals surface area (Å²) in [5, 5.41) is 0. The van der Waals surface area contributed by atoms with Gasteiger partial charge in [-0.1, -0.05) is 53.8 Å². The lowest BCUT2D eigenvalue weighted by atomic mass is 9.70. The molecule has 2 nitrogen and oxygen atoms in total. The number of rotatable bonds is 3. The van der Waals surface area contributed by atoms with Crippen LogP contribution >= 0.6 is 31.9 Å². The molecule has 0 aromatic rings. The standard InChI is InChI=1S/C22H34Br2N2/c23-21-11-1-3-13-25(21)19-9-5-7-17(15-19)18-8-6-10-20(16-18)26-14-4-2-12-22(26)24/h1,3,11,17-20,22H,2,4-10,12-16H2. The van der Waals surface area contributed by atoms with Crippen molar-refractivity contribution in [3.05, 3.63) is 22.8 Å². The highest BCUT2D eigenvalue weighted by Crippen LogP contribution is 2.42. The smallest absolute Gasteiger partial charge is 0.0811 e. The molecule has 26 heavy (non-hydrogen) atoms. The first-order chi connectivity index (χ1) is 12.7. The van der Waals surface area contributed by atoms with Gasteiger partial charge in [0.1, 0.15) is 0 Å². The van der Waals surface area contributed by atoms with Gasteiger partial charge < -0.3 is 4.90 Å². The van der Waals surface area contributed by atoms with Gasteiger partial charge in [0.2, 0.25) is 0 Å². The average Bonchev–Trinajstić information content (AvgIpc) is 2.69. The first-order valence-electron chi connectivity index (χ1n) is 10.9. The Morgan fingerprint density at radius 1 is 0.846 bits per heavy atom. The molecule has 4 rings (SSSR count). The van der Waals surface area contributed by atoms with E-state index in [0.29, 0.717) is 4.95 Å². The van der Waals surface area contributed by atoms with Crippen molar-refractivity contribution < 1.29 is 0 Å². The van der Waals surface area contributed by atoms with E-state index in [4.69, 9.17) is 0 Å². The molecule has 0 spiro atoms. The van der Waals surface area contributed by atoms with E-state index in [1.807, 2.05) is 0 Å². The largest absolute Gasteiger partial charge is 0.359 e. The van der Waals surface area contributed by atoms with E-state index in [0.717, 1.165) is 30.5 Å². The molecule has 0 bridgehead atoms. The summed E-state index contributed by atoms with van der Waals surface area (Å²) in [6.07, 6.45) is 22.3. The van der Waals surface area contributed by atoms with E-state index in [9.17, 15) is 0 Å². The minimum absolute atomic E-state index is 0.639. The molecule has 5 unspecified atom stereocenters. The van der Waals surface area contributed by atoms with Crippen molar-refractivity contribution in [3.8, 4) is 0 Å². The summed E-state index contributed by atoms with van der Waals surface area (Å²) in [6, 6.07) is 1.58. The third-order valence-corrected chi connectivity index (χ3v) is 9.07. The summed E-state index contributed by atoms with van der Waals surface area (Å²) in [5.74, 6) is 1.91. The lowest BCUT2D eigenvalue weighted by molar-refractivity contribution is 0.0614. The summed E-state index contributed by atoms with van der Waals surface area (Å²) < 4.78 is 1.29. The molecule has 2 heterocycles. The van der Waals surface area contributed by atoms with Crippen LogP contribution in [0.1, 0.15) is 70.6 Å². The predicted octanol–water partition coefficient (Wildman–Crippen LogP) is 6.42. The van der Waals surface area contributed by atoms with Crippen LogP contribution in [0.5, 0.6) is 0 Å². The molecule has 5 atom stereocenters. The van der Waals surface area contributed by atoms with Gasteiger partial charge in [-0.05, 0) is 85.3 Å². The highest BCUT2D eigenvalue weighted by Gasteiger charge is 2.37. The molecule has 2 aliphatic heterocycles. The van der Waals surface area contributed by atoms with Crippen molar-refractivity contribution in [2.75, 3.05) is 13.1 Å². The summed E-state index contributed by atoms with van der Waals surface area (Å²) in [4.78, 5) is 6.05. The van der Waals surface area contributed by atoms with Gasteiger partial charge in [-0.3, -0.25) is 4.90 Å². The van der Waals surface area contributed by atoms with Crippen molar-refractivity contribution in [1.82, 2.24) is 9.80 Å². The van der Waals surface area contributed by atoms with Crippen LogP contribution in [-0.2, 0) is 0 Å². The Morgan fingerprint density at radius 2 is 1.58 bits per heavy atom. The molecule has 146 valence electrons. The van der Waals surface area contributed by atoms with Gasteiger partial charge in [-0.2, -0.15) is 0 Å². The minimum atomic E-state index is 0.639. The lowest BCUT2D eigenvalue weighted by Gasteiger charge is -2.46. The molecule has 1 saturated heterocycles. The van der Waals surface area contributed by atoms with Crippen LogP contribution in [0.2, 0.25) is 0 Å². The zero-order valence-electron chi connectivity index (χ0n) is 16.0. The quantitative estimate of drug-likeness (QED) is 0.336. The van der Waals surface area contributed by atoms with Crippen LogP contribution in [0.25, 0.3) is 0 Å². The Balaban J connectivity index is 1.37. The summed E-state index contributed by atoms with van der Waals surface area (Å²) in [7, 11) is 0. The second-order valence-electron chi connectivity index (χ2n) is 8.90. The van der Waals surface area contributed by atoms with Gasteiger partial charge in [0.15, 0.2) is 0 Å². The maximum atomic E-state index is 3.98. The SMILES string of the molecule is BrC1=CC=CCN1C1CCCC(C2CCCC(N3CCCCC3Br)C2)C1. The number of alkyl halides is 1. The summed E-state index contributed by atoms with van der Waals surface area (Å²) in [5.41, 5.74) is 0. The fourth-order valence-corrected chi connectivity index (χ4v) is 7.44. The second kappa shape index (κ2) is 9.13. The van der Waals surface area contributed by atoms with Crippen molar-refractivity contribution in [1.29, 1.82) is 0 Å². The zero-order chi connectivity index (χ0) is 17.9. The lowest BCUT2D eigenvalue weighted by Crippen LogP contribution is -2.47. The number of nitrogens with zero attached hydrogens (tertiary/aromatic N) is 2. The van der Waals surface area contributed by atoms with E-state index < -0.39 is 0 Å². The molecule has 0 N–H and O–H groups in total. The van der Waals surface area contributed by atoms with E-state index in [1.54, 1.807) is 0 Å². The number of hydrogen-bond donors (Lipinski definition) is 0. The normalized spacial score (nSPS) is 39.7. The Bertz CT molecular complexity index is 532. The van der Waals surface area contributed by atoms with Crippen LogP contribution in [0.4, 0.5) is 0 Å². The van der Waals surface area contributed by atoms with Gasteiger partial charge in [-0.15, -0.1) is 0 Å². The van der Waals surface area contributed by atoms with Crippen LogP contribution in [0.3, 0.4) is 0 Å². The predicted molar refractivity (Wildman–Crippen MR) is 118 cm³/mol. The zero-order valence-corrected chi connectivity index (χ0v) is 19.1. The average molecular weight is 486 g/mol. The van der Waals surface area contributed by atoms with E-state index in [1.165, 1.54) is 81.8 Å². The van der Waals surface area contributed by atoms with Crippen LogP contribution in [0.15, 0.2) is 22.8 Å². The second-order valence-corrected chi connectivity index (χ2v) is 10.8. The molecule has 0 aromatic carbocycles. The molecule has 4 aliphatic rings. The monoisotopic (exact) mass is 484 g/mol. The maximum absolute atomic E-state index is 3.98. The number of allylic oxidation sites excluding steroid dienone is 2. The number of hydrogen-bond acceptors (Lipinski definition) is 2. The van der Waals surface area contributed by atoms with Crippen molar-refractivity contribution in [2.24, 2.45) is 11.8 Å². The fraction of sp³-hybridized carbons (Fsp3) is 0.818. The molecule has 4 heteroatoms. The number of likely N-dealkylation sites (tertiary alicyclic amines) is 1. The van der Waals surface area contributed by atoms with Gasteiger partial charge in [0.25, 0.3) is 0 Å². The molecule has 3 fully saturated rings. The molecule has 0 amide bonds. The number of halogens is 2. The molecule has 0 radical (unpaired) electrons. The fourth-order valence-electron chi connectivity index (χ4n) is 5.99. The van der Waals surface area contributed by atoms with Crippen molar-refractivity contribution >= 4 is 31.9 Å². The van der Waals surface area contributed by atoms with Gasteiger partial charge in [0, 0.05) is 18.6 Å². The number of piperidine rings is 1. The third-order valence-electron chi connectivity index (χ3n) is 7.37. The topological polar surface area (TPSA) is 6.48 Å². The van der Waals surface area contributed by atoms with Crippen LogP contribution in [0, 0.1) is 11.8 Å². The van der Waals surface area contributed by atoms with E-state index >= 15 is 0 Å². The first-order valence-corrected chi connectivity index (χ1v) is 12.6.